The van der Waals surface area contributed by atoms with Crippen molar-refractivity contribution in [2.45, 2.75) is 44.2 Å². The number of carbonyl (C=O) groups is 2. The number of sulfonamides is 1. The van der Waals surface area contributed by atoms with Crippen LogP contribution in [0.5, 0.6) is 0 Å². The molecule has 2 aromatic rings. The Balaban J connectivity index is 1.32. The molecule has 0 aromatic carbocycles. The van der Waals surface area contributed by atoms with Crippen LogP contribution in [0.15, 0.2) is 30.6 Å². The smallest absolute Gasteiger partial charge is 0.322 e. The average Bonchev–Trinajstić information content (AvgIpc) is 3.54. The van der Waals surface area contributed by atoms with Gasteiger partial charge in [0.1, 0.15) is 5.54 Å². The van der Waals surface area contributed by atoms with Crippen LogP contribution in [0.2, 0.25) is 0 Å². The fraction of sp³-hybridized carbons (Fsp3) is 0.429. The van der Waals surface area contributed by atoms with Crippen molar-refractivity contribution in [3.8, 4) is 11.3 Å². The van der Waals surface area contributed by atoms with Gasteiger partial charge in [0.2, 0.25) is 10.0 Å². The van der Waals surface area contributed by atoms with E-state index in [4.69, 9.17) is 0 Å². The minimum Gasteiger partial charge on any atom is -0.322 e. The summed E-state index contributed by atoms with van der Waals surface area (Å²) in [5.74, 6) is -0.521. The Morgan fingerprint density at radius 3 is 2.61 bits per heavy atom. The highest BCUT2D eigenvalue weighted by Crippen LogP contribution is 2.39. The van der Waals surface area contributed by atoms with Crippen molar-refractivity contribution in [1.29, 1.82) is 0 Å². The van der Waals surface area contributed by atoms with Crippen molar-refractivity contribution in [2.24, 2.45) is 0 Å². The van der Waals surface area contributed by atoms with Crippen LogP contribution in [0, 0.1) is 0 Å². The van der Waals surface area contributed by atoms with Crippen LogP contribution in [0.25, 0.3) is 11.3 Å². The maximum atomic E-state index is 13.0. The molecule has 0 radical (unpaired) electrons. The second-order valence-corrected chi connectivity index (χ2v) is 10.6. The van der Waals surface area contributed by atoms with Crippen molar-refractivity contribution in [3.05, 3.63) is 47.4 Å². The number of nitrogens with one attached hydrogen (secondary N) is 2. The standard InChI is InChI=1S/C21H23N5O4S/c1-21(19(27)24-20(28)25-21)12-31(29,30)26-7-6-14-8-18(23-10-16(14)11-26)15-4-5-17(22-9-15)13-2-3-13/h4-5,8-10,13H,2-3,6-7,11-12H2,1H3,(H2,24,25,27,28). The first-order chi connectivity index (χ1) is 14.7. The lowest BCUT2D eigenvalue weighted by molar-refractivity contribution is -0.122. The number of hydrogen-bond acceptors (Lipinski definition) is 6. The molecule has 31 heavy (non-hydrogen) atoms. The van der Waals surface area contributed by atoms with Crippen LogP contribution >= 0.6 is 0 Å². The monoisotopic (exact) mass is 441 g/mol. The Morgan fingerprint density at radius 2 is 1.97 bits per heavy atom. The van der Waals surface area contributed by atoms with Gasteiger partial charge in [-0.3, -0.25) is 20.1 Å². The maximum absolute atomic E-state index is 13.0. The minimum absolute atomic E-state index is 0.190. The van der Waals surface area contributed by atoms with E-state index >= 15 is 0 Å². The Kier molecular flexibility index (Phi) is 4.60. The molecule has 9 nitrogen and oxygen atoms in total. The molecule has 3 aliphatic rings. The van der Waals surface area contributed by atoms with Gasteiger partial charge in [0.15, 0.2) is 0 Å². The van der Waals surface area contributed by atoms with E-state index in [1.165, 1.54) is 24.1 Å². The molecule has 0 spiro atoms. The van der Waals surface area contributed by atoms with Crippen molar-refractivity contribution in [2.75, 3.05) is 12.3 Å². The zero-order valence-electron chi connectivity index (χ0n) is 17.1. The van der Waals surface area contributed by atoms with Crippen molar-refractivity contribution >= 4 is 22.0 Å². The summed E-state index contributed by atoms with van der Waals surface area (Å²) < 4.78 is 27.3. The second kappa shape index (κ2) is 7.10. The fourth-order valence-corrected chi connectivity index (χ4v) is 5.95. The van der Waals surface area contributed by atoms with Gasteiger partial charge in [-0.2, -0.15) is 4.31 Å². The Bertz CT molecular complexity index is 1180. The van der Waals surface area contributed by atoms with Crippen LogP contribution in [0.1, 0.15) is 42.5 Å². The molecule has 3 amide bonds. The number of fused-ring (bicyclic) bond motifs is 1. The molecule has 1 aliphatic carbocycles. The number of rotatable bonds is 5. The molecule has 1 atom stereocenters. The largest absolute Gasteiger partial charge is 0.322 e. The van der Waals surface area contributed by atoms with Gasteiger partial charge in [-0.05, 0) is 55.5 Å². The average molecular weight is 442 g/mol. The van der Waals surface area contributed by atoms with Crippen LogP contribution in [-0.2, 0) is 27.8 Å². The number of hydrogen-bond donors (Lipinski definition) is 2. The predicted octanol–water partition coefficient (Wildman–Crippen LogP) is 1.31. The van der Waals surface area contributed by atoms with Gasteiger partial charge in [0.25, 0.3) is 5.91 Å². The van der Waals surface area contributed by atoms with E-state index in [0.29, 0.717) is 18.9 Å². The molecule has 2 fully saturated rings. The third-order valence-corrected chi connectivity index (χ3v) is 8.16. The third-order valence-electron chi connectivity index (χ3n) is 6.12. The molecular formula is C21H23N5O4S. The molecule has 0 bridgehead atoms. The van der Waals surface area contributed by atoms with Gasteiger partial charge >= 0.3 is 6.03 Å². The SMILES string of the molecule is CC1(CS(=O)(=O)N2CCc3cc(-c4ccc(C5CC5)nc4)ncc3C2)NC(=O)NC1=O. The fourth-order valence-electron chi connectivity index (χ4n) is 4.12. The lowest BCUT2D eigenvalue weighted by Gasteiger charge is -2.31. The van der Waals surface area contributed by atoms with Gasteiger partial charge in [-0.15, -0.1) is 0 Å². The summed E-state index contributed by atoms with van der Waals surface area (Å²) in [4.78, 5) is 32.5. The summed E-state index contributed by atoms with van der Waals surface area (Å²) >= 11 is 0. The number of nitrogens with zero attached hydrogens (tertiary/aromatic N) is 3. The number of urea groups is 1. The zero-order chi connectivity index (χ0) is 21.8. The molecule has 2 aromatic heterocycles. The van der Waals surface area contributed by atoms with E-state index in [0.717, 1.165) is 28.1 Å². The van der Waals surface area contributed by atoms with Crippen LogP contribution in [0.3, 0.4) is 0 Å². The molecule has 1 saturated heterocycles. The quantitative estimate of drug-likeness (QED) is 0.675. The topological polar surface area (TPSA) is 121 Å². The summed E-state index contributed by atoms with van der Waals surface area (Å²) in [7, 11) is -3.77. The van der Waals surface area contributed by atoms with E-state index in [-0.39, 0.29) is 6.54 Å². The van der Waals surface area contributed by atoms with E-state index in [9.17, 15) is 18.0 Å². The van der Waals surface area contributed by atoms with Gasteiger partial charge in [-0.1, -0.05) is 0 Å². The molecule has 1 unspecified atom stereocenters. The molecule has 2 N–H and O–H groups in total. The normalized spacial score (nSPS) is 23.9. The van der Waals surface area contributed by atoms with Crippen molar-refractivity contribution < 1.29 is 18.0 Å². The van der Waals surface area contributed by atoms with Gasteiger partial charge in [0, 0.05) is 42.7 Å². The summed E-state index contributed by atoms with van der Waals surface area (Å²) in [5.41, 5.74) is 3.31. The lowest BCUT2D eigenvalue weighted by Crippen LogP contribution is -2.53. The highest BCUT2D eigenvalue weighted by atomic mass is 32.2. The molecule has 1 saturated carbocycles. The van der Waals surface area contributed by atoms with Crippen molar-refractivity contribution in [3.63, 3.8) is 0 Å². The predicted molar refractivity (Wildman–Crippen MR) is 112 cm³/mol. The third kappa shape index (κ3) is 3.81. The van der Waals surface area contributed by atoms with Crippen molar-refractivity contribution in [1.82, 2.24) is 24.9 Å². The first kappa shape index (κ1) is 20.1. The summed E-state index contributed by atoms with van der Waals surface area (Å²) in [5, 5.41) is 4.51. The number of imide groups is 1. The Labute approximate surface area is 180 Å². The van der Waals surface area contributed by atoms with E-state index in [1.807, 2.05) is 18.3 Å². The lowest BCUT2D eigenvalue weighted by atomic mass is 10.0. The number of carbonyl (C=O) groups excluding carboxylic acids is 2. The van der Waals surface area contributed by atoms with E-state index < -0.39 is 33.3 Å². The highest BCUT2D eigenvalue weighted by molar-refractivity contribution is 7.89. The first-order valence-electron chi connectivity index (χ1n) is 10.3. The van der Waals surface area contributed by atoms with Crippen LogP contribution in [-0.4, -0.2) is 52.5 Å². The van der Waals surface area contributed by atoms with Crippen LogP contribution < -0.4 is 10.6 Å². The summed E-state index contributed by atoms with van der Waals surface area (Å²) in [6.45, 7) is 1.91. The summed E-state index contributed by atoms with van der Waals surface area (Å²) in [6, 6.07) is 5.42. The van der Waals surface area contributed by atoms with Gasteiger partial charge < -0.3 is 5.32 Å². The minimum atomic E-state index is -3.77. The molecule has 10 heteroatoms. The summed E-state index contributed by atoms with van der Waals surface area (Å²) in [6.07, 6.45) is 6.53. The molecular weight excluding hydrogens is 418 g/mol. The number of pyridine rings is 2. The Hall–Kier alpha value is -2.85. The zero-order valence-corrected chi connectivity index (χ0v) is 17.9. The van der Waals surface area contributed by atoms with Gasteiger partial charge in [0.05, 0.1) is 11.4 Å². The van der Waals surface area contributed by atoms with E-state index in [1.54, 1.807) is 6.20 Å². The number of amides is 3. The molecule has 4 heterocycles. The number of aromatic nitrogens is 2. The molecule has 5 rings (SSSR count). The van der Waals surface area contributed by atoms with Crippen LogP contribution in [0.4, 0.5) is 4.79 Å². The maximum Gasteiger partial charge on any atom is 0.322 e. The molecule has 162 valence electrons. The van der Waals surface area contributed by atoms with E-state index in [2.05, 4.69) is 26.7 Å². The highest BCUT2D eigenvalue weighted by Gasteiger charge is 2.46. The van der Waals surface area contributed by atoms with Gasteiger partial charge in [-0.25, -0.2) is 13.2 Å². The first-order valence-corrected chi connectivity index (χ1v) is 11.9. The second-order valence-electron chi connectivity index (χ2n) is 8.66. The molecule has 2 aliphatic heterocycles. The Morgan fingerprint density at radius 1 is 1.16 bits per heavy atom.